The van der Waals surface area contributed by atoms with Gasteiger partial charge in [-0.05, 0) is 57.2 Å². The van der Waals surface area contributed by atoms with E-state index in [1.807, 2.05) is 6.08 Å². The van der Waals surface area contributed by atoms with E-state index >= 15 is 0 Å². The van der Waals surface area contributed by atoms with E-state index in [1.165, 1.54) is 0 Å². The molecular formula is C27H38N4O4. The Labute approximate surface area is 207 Å². The van der Waals surface area contributed by atoms with Gasteiger partial charge in [0.25, 0.3) is 11.8 Å². The molecule has 0 aromatic heterocycles. The Kier molecular flexibility index (Phi) is 9.20. The minimum absolute atomic E-state index is 0.108. The summed E-state index contributed by atoms with van der Waals surface area (Å²) in [6.45, 7) is 10.00. The average Bonchev–Trinajstić information content (AvgIpc) is 3.10. The first kappa shape index (κ1) is 26.6. The van der Waals surface area contributed by atoms with Gasteiger partial charge in [0.1, 0.15) is 6.04 Å². The van der Waals surface area contributed by atoms with Crippen LogP contribution < -0.4 is 16.0 Å². The number of carbonyl (C=O) groups is 4. The fourth-order valence-electron chi connectivity index (χ4n) is 4.98. The lowest BCUT2D eigenvalue weighted by atomic mass is 9.89. The second-order valence-corrected chi connectivity index (χ2v) is 9.42. The average molecular weight is 483 g/mol. The number of amides is 4. The third-order valence-electron chi connectivity index (χ3n) is 7.28. The number of nitrogens with one attached hydrogen (secondary N) is 3. The Morgan fingerprint density at radius 1 is 1.06 bits per heavy atom. The fourth-order valence-corrected chi connectivity index (χ4v) is 4.98. The van der Waals surface area contributed by atoms with Crippen molar-refractivity contribution in [2.24, 2.45) is 0 Å². The predicted molar refractivity (Wildman–Crippen MR) is 136 cm³/mol. The topological polar surface area (TPSA) is 108 Å². The molecule has 1 saturated heterocycles. The van der Waals surface area contributed by atoms with Crippen LogP contribution in [0.25, 0.3) is 0 Å². The van der Waals surface area contributed by atoms with Crippen LogP contribution in [-0.4, -0.2) is 53.2 Å². The second kappa shape index (κ2) is 12.1. The maximum Gasteiger partial charge on any atom is 0.264 e. The molecule has 8 heteroatoms. The zero-order valence-electron chi connectivity index (χ0n) is 21.0. The van der Waals surface area contributed by atoms with Crippen LogP contribution in [0.4, 0.5) is 5.69 Å². The highest BCUT2D eigenvalue weighted by atomic mass is 16.2. The summed E-state index contributed by atoms with van der Waals surface area (Å²) in [5.74, 6) is -1.95. The molecule has 2 heterocycles. The molecule has 1 unspecified atom stereocenters. The van der Waals surface area contributed by atoms with Crippen molar-refractivity contribution in [3.63, 3.8) is 0 Å². The van der Waals surface area contributed by atoms with E-state index in [2.05, 4.69) is 36.4 Å². The number of hydrogen-bond donors (Lipinski definition) is 3. The number of imide groups is 2. The zero-order valence-corrected chi connectivity index (χ0v) is 21.0. The Hall–Kier alpha value is -3.00. The summed E-state index contributed by atoms with van der Waals surface area (Å²) >= 11 is 0. The van der Waals surface area contributed by atoms with Crippen molar-refractivity contribution in [2.75, 3.05) is 18.4 Å². The number of unbranched alkanes of at least 4 members (excludes halogenated alkanes) is 3. The number of hydrogen-bond acceptors (Lipinski definition) is 6. The largest absolute Gasteiger partial charge is 0.384 e. The van der Waals surface area contributed by atoms with Crippen LogP contribution in [0.2, 0.25) is 0 Å². The highest BCUT2D eigenvalue weighted by molar-refractivity contribution is 6.25. The molecule has 35 heavy (non-hydrogen) atoms. The number of benzene rings is 1. The molecular weight excluding hydrogens is 444 g/mol. The van der Waals surface area contributed by atoms with Crippen molar-refractivity contribution in [3.8, 4) is 0 Å². The summed E-state index contributed by atoms with van der Waals surface area (Å²) in [5.41, 5.74) is 1.37. The normalized spacial score (nSPS) is 18.0. The third-order valence-corrected chi connectivity index (χ3v) is 7.28. The van der Waals surface area contributed by atoms with Crippen LogP contribution >= 0.6 is 0 Å². The Balaban J connectivity index is 1.48. The molecule has 2 aliphatic rings. The molecule has 1 fully saturated rings. The molecule has 4 amide bonds. The van der Waals surface area contributed by atoms with Gasteiger partial charge in [0, 0.05) is 24.2 Å². The molecule has 2 aliphatic heterocycles. The molecule has 0 radical (unpaired) electrons. The van der Waals surface area contributed by atoms with Crippen molar-refractivity contribution in [1.82, 2.24) is 15.5 Å². The van der Waals surface area contributed by atoms with E-state index in [4.69, 9.17) is 0 Å². The van der Waals surface area contributed by atoms with Crippen molar-refractivity contribution in [2.45, 2.75) is 83.2 Å². The van der Waals surface area contributed by atoms with Gasteiger partial charge < -0.3 is 10.6 Å². The van der Waals surface area contributed by atoms with Gasteiger partial charge in [-0.25, -0.2) is 0 Å². The van der Waals surface area contributed by atoms with E-state index < -0.39 is 23.8 Å². The highest BCUT2D eigenvalue weighted by Gasteiger charge is 2.45. The zero-order chi connectivity index (χ0) is 25.4. The fraction of sp³-hybridized carbons (Fsp3) is 0.556. The maximum atomic E-state index is 13.1. The number of nitrogens with zero attached hydrogens (tertiary/aromatic N) is 1. The van der Waals surface area contributed by atoms with Gasteiger partial charge in [-0.3, -0.25) is 29.4 Å². The molecule has 0 aliphatic carbocycles. The quantitative estimate of drug-likeness (QED) is 0.212. The van der Waals surface area contributed by atoms with Gasteiger partial charge in [0.05, 0.1) is 11.1 Å². The van der Waals surface area contributed by atoms with Gasteiger partial charge in [0.15, 0.2) is 0 Å². The van der Waals surface area contributed by atoms with E-state index in [0.717, 1.165) is 56.4 Å². The highest BCUT2D eigenvalue weighted by Crippen LogP contribution is 2.32. The van der Waals surface area contributed by atoms with Crippen LogP contribution in [0.1, 0.15) is 92.4 Å². The van der Waals surface area contributed by atoms with Crippen LogP contribution in [-0.2, 0) is 9.59 Å². The Morgan fingerprint density at radius 2 is 1.77 bits per heavy atom. The molecule has 8 nitrogen and oxygen atoms in total. The maximum absolute atomic E-state index is 13.1. The molecule has 1 atom stereocenters. The van der Waals surface area contributed by atoms with Crippen LogP contribution in [0, 0.1) is 0 Å². The number of piperidine rings is 1. The second-order valence-electron chi connectivity index (χ2n) is 9.42. The van der Waals surface area contributed by atoms with Crippen molar-refractivity contribution in [1.29, 1.82) is 0 Å². The van der Waals surface area contributed by atoms with E-state index in [-0.39, 0.29) is 24.3 Å². The molecule has 1 aromatic carbocycles. The molecule has 3 N–H and O–H groups in total. The lowest BCUT2D eigenvalue weighted by Gasteiger charge is -2.32. The van der Waals surface area contributed by atoms with E-state index in [9.17, 15) is 19.2 Å². The lowest BCUT2D eigenvalue weighted by Crippen LogP contribution is -2.54. The SMILES string of the molecule is C=CCC(CC)(CC)NCCCCCCNc1cccc2c1C(=O)N(C1CCC(=O)NC1=O)C2=O. The smallest absolute Gasteiger partial charge is 0.264 e. The van der Waals surface area contributed by atoms with Crippen molar-refractivity contribution in [3.05, 3.63) is 42.0 Å². The lowest BCUT2D eigenvalue weighted by molar-refractivity contribution is -0.136. The molecule has 1 aromatic rings. The van der Waals surface area contributed by atoms with Crippen LogP contribution in [0.3, 0.4) is 0 Å². The first-order valence-corrected chi connectivity index (χ1v) is 12.8. The summed E-state index contributed by atoms with van der Waals surface area (Å²) in [4.78, 5) is 50.8. The summed E-state index contributed by atoms with van der Waals surface area (Å²) in [5, 5.41) is 9.25. The molecule has 0 bridgehead atoms. The number of rotatable bonds is 14. The summed E-state index contributed by atoms with van der Waals surface area (Å²) in [6, 6.07) is 4.19. The Bertz CT molecular complexity index is 970. The number of fused-ring (bicyclic) bond motifs is 1. The van der Waals surface area contributed by atoms with Gasteiger partial charge in [-0.15, -0.1) is 6.58 Å². The molecule has 190 valence electrons. The number of anilines is 1. The predicted octanol–water partition coefficient (Wildman–Crippen LogP) is 3.78. The molecule has 0 saturated carbocycles. The number of carbonyl (C=O) groups excluding carboxylic acids is 4. The summed E-state index contributed by atoms with van der Waals surface area (Å²) in [6.07, 6.45) is 9.63. The first-order valence-electron chi connectivity index (χ1n) is 12.8. The minimum Gasteiger partial charge on any atom is -0.384 e. The van der Waals surface area contributed by atoms with Gasteiger partial charge >= 0.3 is 0 Å². The summed E-state index contributed by atoms with van der Waals surface area (Å²) < 4.78 is 0. The Morgan fingerprint density at radius 3 is 2.43 bits per heavy atom. The van der Waals surface area contributed by atoms with Gasteiger partial charge in [-0.2, -0.15) is 0 Å². The monoisotopic (exact) mass is 482 g/mol. The molecule has 3 rings (SSSR count). The summed E-state index contributed by atoms with van der Waals surface area (Å²) in [7, 11) is 0. The molecule has 0 spiro atoms. The third kappa shape index (κ3) is 5.99. The minimum atomic E-state index is -0.952. The van der Waals surface area contributed by atoms with Crippen LogP contribution in [0.5, 0.6) is 0 Å². The van der Waals surface area contributed by atoms with E-state index in [1.54, 1.807) is 18.2 Å². The van der Waals surface area contributed by atoms with E-state index in [0.29, 0.717) is 23.4 Å². The van der Waals surface area contributed by atoms with Crippen molar-refractivity contribution >= 4 is 29.3 Å². The van der Waals surface area contributed by atoms with Gasteiger partial charge in [0.2, 0.25) is 11.8 Å². The van der Waals surface area contributed by atoms with Crippen LogP contribution in [0.15, 0.2) is 30.9 Å². The first-order chi connectivity index (χ1) is 16.9. The van der Waals surface area contributed by atoms with Crippen molar-refractivity contribution < 1.29 is 19.2 Å². The van der Waals surface area contributed by atoms with Gasteiger partial charge in [-0.1, -0.05) is 38.8 Å². The standard InChI is InChI=1S/C27H38N4O4/c1-4-16-27(5-2,6-3)29-18-10-8-7-9-17-28-20-13-11-12-19-23(20)26(35)31(25(19)34)21-14-15-22(32)30-24(21)33/h4,11-13,21,28-29H,1,5-10,14-18H2,2-3H3,(H,30,32,33).